The second-order valence-electron chi connectivity index (χ2n) is 5.08. The first-order valence-corrected chi connectivity index (χ1v) is 8.28. The van der Waals surface area contributed by atoms with Gasteiger partial charge >= 0.3 is 0 Å². The molecule has 0 aliphatic rings. The Kier molecular flexibility index (Phi) is 6.31. The van der Waals surface area contributed by atoms with Gasteiger partial charge in [0.2, 0.25) is 11.8 Å². The van der Waals surface area contributed by atoms with Crippen LogP contribution >= 0.6 is 11.8 Å². The van der Waals surface area contributed by atoms with Crippen LogP contribution in [0.2, 0.25) is 0 Å². The minimum Gasteiger partial charge on any atom is -0.325 e. The molecule has 0 saturated carbocycles. The molecule has 0 spiro atoms. The van der Waals surface area contributed by atoms with E-state index in [0.29, 0.717) is 5.69 Å². The van der Waals surface area contributed by atoms with E-state index in [4.69, 9.17) is 0 Å². The first kappa shape index (κ1) is 17.9. The molecule has 24 heavy (non-hydrogen) atoms. The number of hydrogen-bond donors (Lipinski definition) is 2. The molecular formula is C17H16F2N2O2S. The van der Waals surface area contributed by atoms with E-state index >= 15 is 0 Å². The van der Waals surface area contributed by atoms with Crippen molar-refractivity contribution in [2.45, 2.75) is 6.92 Å². The quantitative estimate of drug-likeness (QED) is 0.837. The summed E-state index contributed by atoms with van der Waals surface area (Å²) in [7, 11) is 0. The van der Waals surface area contributed by atoms with Crippen molar-refractivity contribution in [2.75, 3.05) is 22.1 Å². The zero-order valence-corrected chi connectivity index (χ0v) is 13.8. The number of anilines is 2. The number of nitrogens with one attached hydrogen (secondary N) is 2. The molecule has 0 aliphatic heterocycles. The highest BCUT2D eigenvalue weighted by Crippen LogP contribution is 2.16. The second-order valence-corrected chi connectivity index (χ2v) is 6.06. The molecule has 0 heterocycles. The molecular weight excluding hydrogens is 334 g/mol. The van der Waals surface area contributed by atoms with Gasteiger partial charge in [-0.2, -0.15) is 0 Å². The number of halogens is 2. The molecule has 0 bridgehead atoms. The summed E-state index contributed by atoms with van der Waals surface area (Å²) in [6.45, 7) is 1.75. The van der Waals surface area contributed by atoms with E-state index in [9.17, 15) is 18.4 Å². The Hall–Kier alpha value is -2.41. The van der Waals surface area contributed by atoms with Crippen LogP contribution < -0.4 is 10.6 Å². The average molecular weight is 350 g/mol. The van der Waals surface area contributed by atoms with Gasteiger partial charge in [-0.05, 0) is 48.9 Å². The molecule has 0 aromatic heterocycles. The highest BCUT2D eigenvalue weighted by molar-refractivity contribution is 8.00. The van der Waals surface area contributed by atoms with Crippen LogP contribution in [-0.2, 0) is 9.59 Å². The Bertz CT molecular complexity index is 736. The van der Waals surface area contributed by atoms with Crippen molar-refractivity contribution < 1.29 is 18.4 Å². The van der Waals surface area contributed by atoms with Gasteiger partial charge < -0.3 is 10.6 Å². The molecule has 0 radical (unpaired) electrons. The standard InChI is InChI=1S/C17H16F2N2O2S/c1-11-2-7-15(14(19)8-11)21-17(23)10-24-9-16(22)20-13-5-3-12(18)4-6-13/h2-8H,9-10H2,1H3,(H,20,22)(H,21,23). The van der Waals surface area contributed by atoms with Crippen molar-refractivity contribution in [3.63, 3.8) is 0 Å². The van der Waals surface area contributed by atoms with Gasteiger partial charge in [0, 0.05) is 5.69 Å². The predicted octanol–water partition coefficient (Wildman–Crippen LogP) is 3.58. The Labute approximate surface area is 142 Å². The van der Waals surface area contributed by atoms with Crippen molar-refractivity contribution in [3.8, 4) is 0 Å². The number of carbonyl (C=O) groups excluding carboxylic acids is 2. The number of carbonyl (C=O) groups is 2. The van der Waals surface area contributed by atoms with E-state index in [2.05, 4.69) is 10.6 Å². The van der Waals surface area contributed by atoms with Crippen molar-refractivity contribution >= 4 is 35.0 Å². The summed E-state index contributed by atoms with van der Waals surface area (Å²) < 4.78 is 26.4. The number of amides is 2. The van der Waals surface area contributed by atoms with Crippen LogP contribution in [0.4, 0.5) is 20.2 Å². The fourth-order valence-electron chi connectivity index (χ4n) is 1.87. The number of benzene rings is 2. The number of aryl methyl sites for hydroxylation is 1. The third-order valence-electron chi connectivity index (χ3n) is 2.99. The van der Waals surface area contributed by atoms with E-state index in [0.717, 1.165) is 17.3 Å². The molecule has 0 aliphatic carbocycles. The normalized spacial score (nSPS) is 10.3. The minimum atomic E-state index is -0.498. The maximum atomic E-state index is 13.6. The third-order valence-corrected chi connectivity index (χ3v) is 3.93. The lowest BCUT2D eigenvalue weighted by Crippen LogP contribution is -2.19. The lowest BCUT2D eigenvalue weighted by atomic mass is 10.2. The maximum absolute atomic E-state index is 13.6. The van der Waals surface area contributed by atoms with Gasteiger partial charge in [-0.1, -0.05) is 6.07 Å². The van der Waals surface area contributed by atoms with Crippen molar-refractivity contribution in [1.29, 1.82) is 0 Å². The van der Waals surface area contributed by atoms with Gasteiger partial charge in [-0.25, -0.2) is 8.78 Å². The molecule has 2 rings (SSSR count). The fraction of sp³-hybridized carbons (Fsp3) is 0.176. The molecule has 126 valence electrons. The van der Waals surface area contributed by atoms with Crippen LogP contribution in [0, 0.1) is 18.6 Å². The maximum Gasteiger partial charge on any atom is 0.234 e. The first-order chi connectivity index (χ1) is 11.4. The number of hydrogen-bond acceptors (Lipinski definition) is 3. The molecule has 0 atom stereocenters. The summed E-state index contributed by atoms with van der Waals surface area (Å²) in [5.41, 5.74) is 1.35. The zero-order chi connectivity index (χ0) is 17.5. The van der Waals surface area contributed by atoms with Crippen molar-refractivity contribution in [2.24, 2.45) is 0 Å². The fourth-order valence-corrected chi connectivity index (χ4v) is 2.49. The Morgan fingerprint density at radius 2 is 1.58 bits per heavy atom. The van der Waals surface area contributed by atoms with Crippen LogP contribution in [0.5, 0.6) is 0 Å². The zero-order valence-electron chi connectivity index (χ0n) is 12.9. The molecule has 7 heteroatoms. The van der Waals surface area contributed by atoms with Gasteiger partial charge in [-0.3, -0.25) is 9.59 Å². The smallest absolute Gasteiger partial charge is 0.234 e. The topological polar surface area (TPSA) is 58.2 Å². The van der Waals surface area contributed by atoms with Gasteiger partial charge in [0.15, 0.2) is 0 Å². The van der Waals surface area contributed by atoms with Crippen LogP contribution in [0.25, 0.3) is 0 Å². The van der Waals surface area contributed by atoms with E-state index in [1.165, 1.54) is 36.4 Å². The lowest BCUT2D eigenvalue weighted by Gasteiger charge is -2.07. The van der Waals surface area contributed by atoms with E-state index in [1.54, 1.807) is 13.0 Å². The van der Waals surface area contributed by atoms with Crippen LogP contribution in [0.15, 0.2) is 42.5 Å². The summed E-state index contributed by atoms with van der Waals surface area (Å²) in [5.74, 6) is -1.51. The summed E-state index contributed by atoms with van der Waals surface area (Å²) in [6, 6.07) is 9.91. The van der Waals surface area contributed by atoms with E-state index in [-0.39, 0.29) is 28.9 Å². The van der Waals surface area contributed by atoms with E-state index < -0.39 is 11.7 Å². The predicted molar refractivity (Wildman–Crippen MR) is 92.1 cm³/mol. The second kappa shape index (κ2) is 8.44. The third kappa shape index (κ3) is 5.66. The highest BCUT2D eigenvalue weighted by atomic mass is 32.2. The molecule has 0 fully saturated rings. The average Bonchev–Trinajstić information content (AvgIpc) is 2.52. The van der Waals surface area contributed by atoms with Crippen LogP contribution in [-0.4, -0.2) is 23.3 Å². The van der Waals surface area contributed by atoms with Gasteiger partial charge in [0.05, 0.1) is 17.2 Å². The lowest BCUT2D eigenvalue weighted by molar-refractivity contribution is -0.114. The molecule has 4 nitrogen and oxygen atoms in total. The van der Waals surface area contributed by atoms with Gasteiger partial charge in [0.1, 0.15) is 11.6 Å². The molecule has 0 unspecified atom stereocenters. The van der Waals surface area contributed by atoms with Gasteiger partial charge in [-0.15, -0.1) is 11.8 Å². The highest BCUT2D eigenvalue weighted by Gasteiger charge is 2.09. The number of thioether (sulfide) groups is 1. The van der Waals surface area contributed by atoms with Gasteiger partial charge in [0.25, 0.3) is 0 Å². The van der Waals surface area contributed by atoms with Crippen LogP contribution in [0.1, 0.15) is 5.56 Å². The van der Waals surface area contributed by atoms with Crippen molar-refractivity contribution in [1.82, 2.24) is 0 Å². The Balaban J connectivity index is 1.73. The SMILES string of the molecule is Cc1ccc(NC(=O)CSCC(=O)Nc2ccc(F)cc2)c(F)c1. The van der Waals surface area contributed by atoms with Crippen LogP contribution in [0.3, 0.4) is 0 Å². The summed E-state index contributed by atoms with van der Waals surface area (Å²) >= 11 is 1.10. The summed E-state index contributed by atoms with van der Waals surface area (Å²) in [6.07, 6.45) is 0. The Morgan fingerprint density at radius 1 is 0.958 bits per heavy atom. The molecule has 2 aromatic carbocycles. The largest absolute Gasteiger partial charge is 0.325 e. The minimum absolute atomic E-state index is 0.0180. The first-order valence-electron chi connectivity index (χ1n) is 7.13. The Morgan fingerprint density at radius 3 is 2.21 bits per heavy atom. The molecule has 0 saturated heterocycles. The molecule has 2 N–H and O–H groups in total. The van der Waals surface area contributed by atoms with E-state index in [1.807, 2.05) is 0 Å². The number of rotatable bonds is 6. The summed E-state index contributed by atoms with van der Waals surface area (Å²) in [5, 5.41) is 5.05. The van der Waals surface area contributed by atoms with Crippen molar-refractivity contribution in [3.05, 3.63) is 59.7 Å². The monoisotopic (exact) mass is 350 g/mol. The molecule has 2 amide bonds. The summed E-state index contributed by atoms with van der Waals surface area (Å²) in [4.78, 5) is 23.5. The molecule has 2 aromatic rings.